The maximum Gasteiger partial charge on any atom is 0.343 e. The second-order valence-corrected chi connectivity index (χ2v) is 12.4. The molecule has 0 unspecified atom stereocenters. The zero-order valence-corrected chi connectivity index (χ0v) is 26.6. The molecule has 1 aliphatic rings. The molecule has 43 heavy (non-hydrogen) atoms. The van der Waals surface area contributed by atoms with Crippen molar-refractivity contribution >= 4 is 5.97 Å². The molecule has 0 amide bonds. The minimum Gasteiger partial charge on any atom is -0.494 e. The van der Waals surface area contributed by atoms with Crippen LogP contribution in [0.3, 0.4) is 0 Å². The Bertz CT molecular complexity index is 1180. The number of rotatable bonds is 18. The Morgan fingerprint density at radius 1 is 0.698 bits per heavy atom. The summed E-state index contributed by atoms with van der Waals surface area (Å²) in [6, 6.07) is 14.6. The van der Waals surface area contributed by atoms with E-state index in [1.165, 1.54) is 95.5 Å². The molecule has 1 aliphatic carbocycles. The number of hydrogen-bond acceptors (Lipinski definition) is 5. The van der Waals surface area contributed by atoms with E-state index in [2.05, 4.69) is 23.8 Å². The third-order valence-corrected chi connectivity index (χ3v) is 8.90. The predicted octanol–water partition coefficient (Wildman–Crippen LogP) is 10.4. The number of hydrogen-bond donors (Lipinski definition) is 0. The van der Waals surface area contributed by atoms with Crippen LogP contribution in [0, 0.1) is 11.8 Å². The molecular formula is C38H52N2O3. The van der Waals surface area contributed by atoms with Crippen molar-refractivity contribution in [2.75, 3.05) is 6.61 Å². The van der Waals surface area contributed by atoms with Crippen LogP contribution in [0.5, 0.6) is 11.5 Å². The van der Waals surface area contributed by atoms with Gasteiger partial charge in [-0.25, -0.2) is 14.8 Å². The Morgan fingerprint density at radius 3 is 1.93 bits per heavy atom. The molecular weight excluding hydrogens is 532 g/mol. The Hall–Kier alpha value is -3.21. The molecule has 0 aliphatic heterocycles. The van der Waals surface area contributed by atoms with Gasteiger partial charge < -0.3 is 9.47 Å². The van der Waals surface area contributed by atoms with Crippen molar-refractivity contribution in [2.45, 2.75) is 117 Å². The average Bonchev–Trinajstić information content (AvgIpc) is 3.05. The summed E-state index contributed by atoms with van der Waals surface area (Å²) < 4.78 is 11.6. The van der Waals surface area contributed by atoms with Crippen molar-refractivity contribution in [1.82, 2.24) is 9.97 Å². The average molecular weight is 585 g/mol. The third kappa shape index (κ3) is 11.4. The van der Waals surface area contributed by atoms with E-state index in [0.717, 1.165) is 42.6 Å². The molecule has 1 heterocycles. The van der Waals surface area contributed by atoms with E-state index in [1.54, 1.807) is 24.3 Å². The van der Waals surface area contributed by atoms with Gasteiger partial charge >= 0.3 is 5.97 Å². The van der Waals surface area contributed by atoms with Crippen LogP contribution in [0.2, 0.25) is 0 Å². The highest BCUT2D eigenvalue weighted by Gasteiger charge is 2.20. The van der Waals surface area contributed by atoms with Gasteiger partial charge in [0.25, 0.3) is 0 Å². The van der Waals surface area contributed by atoms with E-state index in [0.29, 0.717) is 17.1 Å². The predicted molar refractivity (Wildman–Crippen MR) is 176 cm³/mol. The summed E-state index contributed by atoms with van der Waals surface area (Å²) in [4.78, 5) is 21.8. The zero-order chi connectivity index (χ0) is 30.1. The molecule has 4 rings (SSSR count). The van der Waals surface area contributed by atoms with Crippen LogP contribution in [-0.2, 0) is 6.42 Å². The fraction of sp³-hybridized carbons (Fsp3) is 0.553. The summed E-state index contributed by atoms with van der Waals surface area (Å²) >= 11 is 0. The molecule has 3 aromatic rings. The Morgan fingerprint density at radius 2 is 1.28 bits per heavy atom. The smallest absolute Gasteiger partial charge is 0.343 e. The van der Waals surface area contributed by atoms with E-state index in [9.17, 15) is 4.79 Å². The van der Waals surface area contributed by atoms with Gasteiger partial charge in [0.2, 0.25) is 0 Å². The maximum atomic E-state index is 12.7. The lowest BCUT2D eigenvalue weighted by molar-refractivity contribution is 0.0734. The first kappa shape index (κ1) is 32.7. The third-order valence-electron chi connectivity index (χ3n) is 8.90. The van der Waals surface area contributed by atoms with Crippen LogP contribution in [0.15, 0.2) is 60.9 Å². The molecule has 232 valence electrons. The van der Waals surface area contributed by atoms with Crippen molar-refractivity contribution in [1.29, 1.82) is 0 Å². The lowest BCUT2D eigenvalue weighted by Crippen LogP contribution is -2.15. The molecule has 0 N–H and O–H groups in total. The topological polar surface area (TPSA) is 61.3 Å². The molecule has 2 aromatic carbocycles. The van der Waals surface area contributed by atoms with E-state index >= 15 is 0 Å². The highest BCUT2D eigenvalue weighted by Crippen LogP contribution is 2.34. The quantitative estimate of drug-likeness (QED) is 0.0845. The number of esters is 1. The highest BCUT2D eigenvalue weighted by atomic mass is 16.5. The van der Waals surface area contributed by atoms with Crippen LogP contribution >= 0.6 is 0 Å². The van der Waals surface area contributed by atoms with Gasteiger partial charge in [0.05, 0.1) is 12.2 Å². The molecule has 0 radical (unpaired) electrons. The summed E-state index contributed by atoms with van der Waals surface area (Å²) in [5.41, 5.74) is 2.54. The Kier molecular flexibility index (Phi) is 14.0. The minimum absolute atomic E-state index is 0.389. The van der Waals surface area contributed by atoms with Gasteiger partial charge in [0, 0.05) is 18.0 Å². The number of unbranched alkanes of at least 4 members (excludes halogenated alkanes) is 6. The Balaban J connectivity index is 1.14. The first-order valence-electron chi connectivity index (χ1n) is 17.0. The normalized spacial score (nSPS) is 16.6. The van der Waals surface area contributed by atoms with Crippen molar-refractivity contribution in [3.05, 3.63) is 72.1 Å². The number of aryl methyl sites for hydroxylation is 1. The van der Waals surface area contributed by atoms with E-state index < -0.39 is 0 Å². The Labute approximate surface area is 259 Å². The molecule has 1 saturated carbocycles. The van der Waals surface area contributed by atoms with Crippen LogP contribution in [0.25, 0.3) is 11.4 Å². The summed E-state index contributed by atoms with van der Waals surface area (Å²) in [7, 11) is 0. The molecule has 0 bridgehead atoms. The number of benzene rings is 2. The van der Waals surface area contributed by atoms with Gasteiger partial charge in [-0.2, -0.15) is 0 Å². The lowest BCUT2D eigenvalue weighted by atomic mass is 9.78. The fourth-order valence-corrected chi connectivity index (χ4v) is 6.14. The fourth-order valence-electron chi connectivity index (χ4n) is 6.14. The van der Waals surface area contributed by atoms with Gasteiger partial charge in [0.1, 0.15) is 11.5 Å². The van der Waals surface area contributed by atoms with Crippen molar-refractivity contribution in [3.63, 3.8) is 0 Å². The van der Waals surface area contributed by atoms with Gasteiger partial charge in [0.15, 0.2) is 5.82 Å². The van der Waals surface area contributed by atoms with E-state index in [-0.39, 0.29) is 5.97 Å². The van der Waals surface area contributed by atoms with E-state index in [1.807, 2.05) is 36.7 Å². The summed E-state index contributed by atoms with van der Waals surface area (Å²) in [5, 5.41) is 0. The molecule has 0 atom stereocenters. The first-order chi connectivity index (χ1) is 21.1. The monoisotopic (exact) mass is 584 g/mol. The molecule has 0 saturated heterocycles. The maximum absolute atomic E-state index is 12.7. The summed E-state index contributed by atoms with van der Waals surface area (Å²) in [6.07, 6.45) is 24.7. The highest BCUT2D eigenvalue weighted by molar-refractivity contribution is 5.91. The number of carbonyl (C=O) groups excluding carboxylic acids is 1. The zero-order valence-electron chi connectivity index (χ0n) is 26.6. The lowest BCUT2D eigenvalue weighted by Gasteiger charge is -2.28. The van der Waals surface area contributed by atoms with Crippen molar-refractivity contribution in [3.8, 4) is 22.9 Å². The van der Waals surface area contributed by atoms with Crippen molar-refractivity contribution in [2.24, 2.45) is 11.8 Å². The first-order valence-corrected chi connectivity index (χ1v) is 17.0. The molecule has 1 aromatic heterocycles. The van der Waals surface area contributed by atoms with E-state index in [4.69, 9.17) is 9.47 Å². The van der Waals surface area contributed by atoms with Crippen LogP contribution in [0.1, 0.15) is 126 Å². The molecule has 5 nitrogen and oxygen atoms in total. The summed E-state index contributed by atoms with van der Waals surface area (Å²) in [5.74, 6) is 3.43. The number of nitrogens with zero attached hydrogens (tertiary/aromatic N) is 2. The van der Waals surface area contributed by atoms with Crippen LogP contribution in [0.4, 0.5) is 0 Å². The second-order valence-electron chi connectivity index (χ2n) is 12.4. The van der Waals surface area contributed by atoms with Crippen molar-refractivity contribution < 1.29 is 14.3 Å². The molecule has 1 fully saturated rings. The molecule has 0 spiro atoms. The van der Waals surface area contributed by atoms with Gasteiger partial charge in [-0.05, 0) is 79.5 Å². The second kappa shape index (κ2) is 18.5. The summed E-state index contributed by atoms with van der Waals surface area (Å²) in [6.45, 7) is 5.25. The number of carbonyl (C=O) groups is 1. The largest absolute Gasteiger partial charge is 0.494 e. The van der Waals surface area contributed by atoms with Gasteiger partial charge in [-0.3, -0.25) is 0 Å². The molecule has 5 heteroatoms. The standard InChI is InChI=1S/C38H52N2O3/c1-3-5-7-8-10-13-32-28-39-37(40-29-32)33-19-21-34(22-20-33)38(41)43-36-25-23-35(24-26-36)42-27-11-14-31-17-15-30(16-18-31)12-9-6-4-2/h19-26,28-31H,3-18,27H2,1-2H3/t30-,31-. The van der Waals surface area contributed by atoms with Crippen LogP contribution in [-0.4, -0.2) is 22.5 Å². The number of aromatic nitrogens is 2. The van der Waals surface area contributed by atoms with Gasteiger partial charge in [-0.1, -0.05) is 103 Å². The van der Waals surface area contributed by atoms with Crippen LogP contribution < -0.4 is 9.47 Å². The number of ether oxygens (including phenoxy) is 2. The minimum atomic E-state index is -0.389. The van der Waals surface area contributed by atoms with Gasteiger partial charge in [-0.15, -0.1) is 0 Å². The SMILES string of the molecule is CCCCCCCc1cnc(-c2ccc(C(=O)Oc3ccc(OCCC[C@H]4CC[C@H](CCCCC)CC4)cc3)cc2)nc1.